The van der Waals surface area contributed by atoms with Crippen molar-refractivity contribution < 1.29 is 0 Å². The summed E-state index contributed by atoms with van der Waals surface area (Å²) in [5, 5.41) is 0. The quantitative estimate of drug-likeness (QED) is 0.406. The van der Waals surface area contributed by atoms with Crippen LogP contribution in [0.15, 0.2) is 71.3 Å². The first-order valence-corrected chi connectivity index (χ1v) is 10.2. The van der Waals surface area contributed by atoms with Crippen LogP contribution in [0.2, 0.25) is 0 Å². The van der Waals surface area contributed by atoms with Crippen LogP contribution < -0.4 is 11.1 Å². The van der Waals surface area contributed by atoms with Gasteiger partial charge in [-0.1, -0.05) is 6.07 Å². The van der Waals surface area contributed by atoms with E-state index >= 15 is 0 Å². The van der Waals surface area contributed by atoms with Gasteiger partial charge in [0.2, 0.25) is 5.56 Å². The molecule has 0 fully saturated rings. The molecule has 4 aromatic rings. The highest BCUT2D eigenvalue weighted by molar-refractivity contribution is 5.06. The summed E-state index contributed by atoms with van der Waals surface area (Å²) in [5.74, 6) is 0.829. The molecule has 0 N–H and O–H groups in total. The van der Waals surface area contributed by atoms with Crippen molar-refractivity contribution in [1.29, 1.82) is 0 Å². The first kappa shape index (κ1) is 27.0. The number of aryl methyl sites for hydroxylation is 7. The topological polar surface area (TPSA) is 108 Å². The van der Waals surface area contributed by atoms with Gasteiger partial charge in [-0.25, -0.2) is 15.0 Å². The first-order valence-electron chi connectivity index (χ1n) is 10.2. The largest absolute Gasteiger partial charge is 0.318 e. The van der Waals surface area contributed by atoms with Crippen LogP contribution in [0.1, 0.15) is 28.3 Å². The summed E-state index contributed by atoms with van der Waals surface area (Å²) in [7, 11) is 3.42. The van der Waals surface area contributed by atoms with Crippen molar-refractivity contribution in [3.8, 4) is 0 Å². The Kier molecular flexibility index (Phi) is 11.6. The number of hydrogen-bond donors (Lipinski definition) is 0. The van der Waals surface area contributed by atoms with E-state index in [9.17, 15) is 9.59 Å². The molecule has 4 heterocycles. The average molecular weight is 450 g/mol. The number of nitrogens with zero attached hydrogens (tertiary/aromatic N) is 7. The molecule has 33 heavy (non-hydrogen) atoms. The highest BCUT2D eigenvalue weighted by atomic mass is 16.1. The lowest BCUT2D eigenvalue weighted by atomic mass is 10.3. The third kappa shape index (κ3) is 11.8. The van der Waals surface area contributed by atoms with Gasteiger partial charge in [0.05, 0.1) is 12.0 Å². The summed E-state index contributed by atoms with van der Waals surface area (Å²) in [6, 6.07) is 4.87. The molecule has 0 saturated carbocycles. The van der Waals surface area contributed by atoms with Gasteiger partial charge in [0, 0.05) is 69.1 Å². The molecule has 0 aliphatic heterocycles. The van der Waals surface area contributed by atoms with Gasteiger partial charge in [0.1, 0.15) is 5.82 Å². The van der Waals surface area contributed by atoms with E-state index in [-0.39, 0.29) is 11.1 Å². The minimum absolute atomic E-state index is 0.0116. The van der Waals surface area contributed by atoms with Crippen molar-refractivity contribution in [2.75, 3.05) is 0 Å². The summed E-state index contributed by atoms with van der Waals surface area (Å²) >= 11 is 0. The lowest BCUT2D eigenvalue weighted by molar-refractivity contribution is 0.814. The normalized spacial score (nSPS) is 9.30. The van der Waals surface area contributed by atoms with Gasteiger partial charge in [0.15, 0.2) is 0 Å². The predicted molar refractivity (Wildman–Crippen MR) is 129 cm³/mol. The van der Waals surface area contributed by atoms with Gasteiger partial charge in [0.25, 0.3) is 5.56 Å². The third-order valence-corrected chi connectivity index (χ3v) is 3.95. The van der Waals surface area contributed by atoms with Gasteiger partial charge in [-0.2, -0.15) is 0 Å². The molecule has 0 bridgehead atoms. The van der Waals surface area contributed by atoms with E-state index in [0.29, 0.717) is 0 Å². The Bertz CT molecular complexity index is 1200. The Morgan fingerprint density at radius 1 is 0.667 bits per heavy atom. The number of pyridine rings is 1. The Morgan fingerprint density at radius 2 is 1.33 bits per heavy atom. The minimum Gasteiger partial charge on any atom is -0.318 e. The molecule has 0 aliphatic carbocycles. The number of rotatable bonds is 0. The highest BCUT2D eigenvalue weighted by Crippen LogP contribution is 1.90. The Balaban J connectivity index is 0.000000221. The molecular formula is C24H31N7O2. The molecule has 174 valence electrons. The Morgan fingerprint density at radius 3 is 1.73 bits per heavy atom. The molecule has 9 heteroatoms. The van der Waals surface area contributed by atoms with E-state index in [1.54, 1.807) is 50.2 Å². The van der Waals surface area contributed by atoms with E-state index in [0.717, 1.165) is 28.3 Å². The maximum atomic E-state index is 10.8. The molecule has 0 atom stereocenters. The second kappa shape index (κ2) is 14.1. The molecule has 0 radical (unpaired) electrons. The van der Waals surface area contributed by atoms with Crippen LogP contribution in [0.5, 0.6) is 0 Å². The molecule has 9 nitrogen and oxygen atoms in total. The summed E-state index contributed by atoms with van der Waals surface area (Å²) in [6.45, 7) is 9.51. The van der Waals surface area contributed by atoms with Crippen molar-refractivity contribution in [3.63, 3.8) is 0 Å². The van der Waals surface area contributed by atoms with E-state index in [4.69, 9.17) is 0 Å². The summed E-state index contributed by atoms with van der Waals surface area (Å²) in [4.78, 5) is 41.1. The van der Waals surface area contributed by atoms with Gasteiger partial charge in [-0.05, 0) is 45.7 Å². The smallest absolute Gasteiger partial charge is 0.253 e. The van der Waals surface area contributed by atoms with Gasteiger partial charge in [-0.3, -0.25) is 19.6 Å². The number of hydrogen-bond acceptors (Lipinski definition) is 7. The van der Waals surface area contributed by atoms with Crippen molar-refractivity contribution in [3.05, 3.63) is 111 Å². The maximum Gasteiger partial charge on any atom is 0.253 e. The molecule has 0 unspecified atom stereocenters. The molecule has 0 saturated heterocycles. The van der Waals surface area contributed by atoms with Gasteiger partial charge < -0.3 is 9.13 Å². The van der Waals surface area contributed by atoms with Crippen molar-refractivity contribution in [2.24, 2.45) is 14.1 Å². The van der Waals surface area contributed by atoms with E-state index in [1.807, 2.05) is 52.4 Å². The van der Waals surface area contributed by atoms with Crippen LogP contribution in [0.4, 0.5) is 0 Å². The fraction of sp³-hybridized carbons (Fsp3) is 0.292. The molecule has 4 aromatic heterocycles. The van der Waals surface area contributed by atoms with Crippen molar-refractivity contribution >= 4 is 0 Å². The summed E-state index contributed by atoms with van der Waals surface area (Å²) < 4.78 is 3.00. The van der Waals surface area contributed by atoms with Crippen LogP contribution in [0, 0.1) is 34.6 Å². The molecule has 4 rings (SSSR count). The van der Waals surface area contributed by atoms with Crippen LogP contribution >= 0.6 is 0 Å². The van der Waals surface area contributed by atoms with E-state index in [1.165, 1.54) is 17.0 Å². The SMILES string of the molecule is Cc1cc(=O)n(C)cn1.Cc1ccc(=O)n(C)c1.Cc1cnc(C)nc1.Cc1cnccn1. The van der Waals surface area contributed by atoms with Gasteiger partial charge in [-0.15, -0.1) is 0 Å². The van der Waals surface area contributed by atoms with Crippen molar-refractivity contribution in [1.82, 2.24) is 34.1 Å². The maximum absolute atomic E-state index is 10.8. The zero-order chi connectivity index (χ0) is 24.8. The van der Waals surface area contributed by atoms with Crippen molar-refractivity contribution in [2.45, 2.75) is 34.6 Å². The van der Waals surface area contributed by atoms with Crippen LogP contribution in [-0.4, -0.2) is 34.1 Å². The second-order valence-corrected chi connectivity index (χ2v) is 7.29. The molecule has 0 aromatic carbocycles. The first-order chi connectivity index (χ1) is 15.6. The number of aromatic nitrogens is 7. The fourth-order valence-electron chi connectivity index (χ4n) is 2.12. The van der Waals surface area contributed by atoms with Crippen LogP contribution in [-0.2, 0) is 14.1 Å². The molecular weight excluding hydrogens is 418 g/mol. The Labute approximate surface area is 193 Å². The third-order valence-electron chi connectivity index (χ3n) is 3.95. The summed E-state index contributed by atoms with van der Waals surface area (Å²) in [5.41, 5.74) is 3.97. The molecule has 0 spiro atoms. The van der Waals surface area contributed by atoms with Crippen LogP contribution in [0.25, 0.3) is 0 Å². The standard InChI is InChI=1S/C7H9NO.C6H8N2O.C6H8N2.C5H6N2/c1-6-3-4-7(9)8(2)5-6;1-5-3-6(9)8(2)4-7-5;1-5-3-7-6(2)8-4-5;1-5-4-6-2-3-7-5/h3-5H,1-2H3;3-4H,1-2H3;3-4H,1-2H3;2-4H,1H3. The zero-order valence-corrected chi connectivity index (χ0v) is 20.2. The van der Waals surface area contributed by atoms with E-state index in [2.05, 4.69) is 24.9 Å². The van der Waals surface area contributed by atoms with E-state index < -0.39 is 0 Å². The fourth-order valence-corrected chi connectivity index (χ4v) is 2.12. The second-order valence-electron chi connectivity index (χ2n) is 7.29. The van der Waals surface area contributed by atoms with Crippen LogP contribution in [0.3, 0.4) is 0 Å². The summed E-state index contributed by atoms with van der Waals surface area (Å²) in [6.07, 6.45) is 12.0. The molecule has 0 aliphatic rings. The zero-order valence-electron chi connectivity index (χ0n) is 20.2. The lowest BCUT2D eigenvalue weighted by Crippen LogP contribution is -2.15. The highest BCUT2D eigenvalue weighted by Gasteiger charge is 1.88. The molecule has 0 amide bonds. The average Bonchev–Trinajstić information content (AvgIpc) is 2.78. The minimum atomic E-state index is -0.0116. The monoisotopic (exact) mass is 449 g/mol. The lowest BCUT2D eigenvalue weighted by Gasteiger charge is -1.94. The van der Waals surface area contributed by atoms with Gasteiger partial charge >= 0.3 is 0 Å². The Hall–Kier alpha value is -4.01. The predicted octanol–water partition coefficient (Wildman–Crippen LogP) is 2.66.